The fourth-order valence-corrected chi connectivity index (χ4v) is 4.70. The number of benzene rings is 3. The summed E-state index contributed by atoms with van der Waals surface area (Å²) >= 11 is 0. The van der Waals surface area contributed by atoms with E-state index in [0.717, 1.165) is 11.2 Å². The number of hydrogen-bond donors (Lipinski definition) is 0. The van der Waals surface area contributed by atoms with Gasteiger partial charge in [-0.05, 0) is 68.6 Å². The molecule has 3 nitrogen and oxygen atoms in total. The van der Waals surface area contributed by atoms with Crippen LogP contribution in [0.3, 0.4) is 0 Å². The second-order valence-electron chi connectivity index (χ2n) is 10.2. The highest BCUT2D eigenvalue weighted by molar-refractivity contribution is 6.62. The van der Waals surface area contributed by atoms with Crippen LogP contribution >= 0.6 is 0 Å². The summed E-state index contributed by atoms with van der Waals surface area (Å²) in [5.41, 5.74) is 6.41. The second kappa shape index (κ2) is 8.34. The smallest absolute Gasteiger partial charge is 0.399 e. The molecule has 4 heteroatoms. The van der Waals surface area contributed by atoms with Crippen LogP contribution in [0, 0.1) is 0 Å². The summed E-state index contributed by atoms with van der Waals surface area (Å²) in [6.45, 7) is 17.0. The molecule has 0 saturated carbocycles. The SMILES string of the molecule is CC.CC1(C)c2ccccc2N(c2ccccc2)c2ccc(B3OC(C)(C)C(C)(C)O3)cc21. The highest BCUT2D eigenvalue weighted by Gasteiger charge is 2.52. The standard InChI is InChI=1S/C27H30BNO2.C2H6/c1-25(2)21-14-10-11-15-23(21)29(20-12-8-7-9-13-20)24-17-16-19(18-22(24)25)28-30-26(3,4)27(5,6)31-28;1-2/h7-18H,1-6H3;1-2H3. The van der Waals surface area contributed by atoms with Crippen LogP contribution in [0.15, 0.2) is 72.8 Å². The lowest BCUT2D eigenvalue weighted by atomic mass is 9.69. The molecule has 0 radical (unpaired) electrons. The van der Waals surface area contributed by atoms with E-state index in [1.807, 2.05) is 13.8 Å². The first kappa shape index (κ1) is 23.6. The Morgan fingerprint density at radius 1 is 0.636 bits per heavy atom. The third kappa shape index (κ3) is 3.80. The van der Waals surface area contributed by atoms with Gasteiger partial charge < -0.3 is 14.2 Å². The van der Waals surface area contributed by atoms with E-state index < -0.39 is 0 Å². The molecule has 0 aliphatic carbocycles. The molecule has 2 aliphatic rings. The average Bonchev–Trinajstić information content (AvgIpc) is 3.03. The molecule has 172 valence electrons. The van der Waals surface area contributed by atoms with Crippen molar-refractivity contribution in [2.45, 2.75) is 72.0 Å². The first-order valence-corrected chi connectivity index (χ1v) is 12.1. The van der Waals surface area contributed by atoms with Crippen molar-refractivity contribution < 1.29 is 9.31 Å². The highest BCUT2D eigenvalue weighted by Crippen LogP contribution is 2.51. The lowest BCUT2D eigenvalue weighted by Crippen LogP contribution is -2.41. The lowest BCUT2D eigenvalue weighted by Gasteiger charge is -2.42. The molecule has 3 aromatic rings. The Labute approximate surface area is 199 Å². The van der Waals surface area contributed by atoms with E-state index in [4.69, 9.17) is 9.31 Å². The number of nitrogens with zero attached hydrogens (tertiary/aromatic N) is 1. The van der Waals surface area contributed by atoms with Gasteiger partial charge in [0.25, 0.3) is 0 Å². The van der Waals surface area contributed by atoms with Crippen LogP contribution in [-0.4, -0.2) is 18.3 Å². The van der Waals surface area contributed by atoms with Gasteiger partial charge in [-0.2, -0.15) is 0 Å². The van der Waals surface area contributed by atoms with Gasteiger partial charge in [0, 0.05) is 11.1 Å². The van der Waals surface area contributed by atoms with Crippen LogP contribution in [0.4, 0.5) is 17.1 Å². The van der Waals surface area contributed by atoms with Gasteiger partial charge in [-0.15, -0.1) is 0 Å². The largest absolute Gasteiger partial charge is 0.494 e. The minimum Gasteiger partial charge on any atom is -0.399 e. The molecular weight excluding hydrogens is 405 g/mol. The van der Waals surface area contributed by atoms with Crippen LogP contribution in [0.1, 0.15) is 66.5 Å². The van der Waals surface area contributed by atoms with Crippen LogP contribution in [0.25, 0.3) is 0 Å². The normalized spacial score (nSPS) is 19.3. The van der Waals surface area contributed by atoms with Gasteiger partial charge in [0.05, 0.1) is 22.6 Å². The maximum Gasteiger partial charge on any atom is 0.494 e. The molecule has 33 heavy (non-hydrogen) atoms. The topological polar surface area (TPSA) is 21.7 Å². The zero-order valence-electron chi connectivity index (χ0n) is 21.3. The Morgan fingerprint density at radius 3 is 1.82 bits per heavy atom. The molecule has 3 aromatic carbocycles. The molecule has 5 rings (SSSR count). The first-order valence-electron chi connectivity index (χ1n) is 12.1. The van der Waals surface area contributed by atoms with Crippen molar-refractivity contribution in [2.75, 3.05) is 4.90 Å². The summed E-state index contributed by atoms with van der Waals surface area (Å²) in [6.07, 6.45) is 0. The summed E-state index contributed by atoms with van der Waals surface area (Å²) in [6, 6.07) is 26.0. The highest BCUT2D eigenvalue weighted by atomic mass is 16.7. The van der Waals surface area contributed by atoms with Gasteiger partial charge in [0.2, 0.25) is 0 Å². The maximum atomic E-state index is 6.35. The van der Waals surface area contributed by atoms with E-state index in [2.05, 4.69) is 119 Å². The molecule has 2 aliphatic heterocycles. The van der Waals surface area contributed by atoms with E-state index in [1.54, 1.807) is 0 Å². The summed E-state index contributed by atoms with van der Waals surface area (Å²) in [5.74, 6) is 0. The Balaban J connectivity index is 0.00000126. The molecular formula is C29H36BNO2. The molecule has 0 atom stereocenters. The minimum atomic E-state index is -0.367. The van der Waals surface area contributed by atoms with Crippen LogP contribution in [0.5, 0.6) is 0 Å². The van der Waals surface area contributed by atoms with Gasteiger partial charge >= 0.3 is 7.12 Å². The predicted octanol–water partition coefficient (Wildman–Crippen LogP) is 7.12. The zero-order chi connectivity index (χ0) is 24.0. The number of rotatable bonds is 2. The molecule has 2 heterocycles. The molecule has 0 unspecified atom stereocenters. The number of anilines is 3. The van der Waals surface area contributed by atoms with E-state index in [0.29, 0.717) is 0 Å². The van der Waals surface area contributed by atoms with Gasteiger partial charge in [-0.3, -0.25) is 0 Å². The predicted molar refractivity (Wildman–Crippen MR) is 140 cm³/mol. The van der Waals surface area contributed by atoms with E-state index in [9.17, 15) is 0 Å². The fraction of sp³-hybridized carbons (Fsp3) is 0.379. The average molecular weight is 441 g/mol. The van der Waals surface area contributed by atoms with E-state index in [-0.39, 0.29) is 23.7 Å². The second-order valence-corrected chi connectivity index (χ2v) is 10.2. The third-order valence-corrected chi connectivity index (χ3v) is 7.29. The van der Waals surface area contributed by atoms with Gasteiger partial charge in [-0.1, -0.05) is 76.2 Å². The number of para-hydroxylation sites is 2. The van der Waals surface area contributed by atoms with Crippen LogP contribution in [-0.2, 0) is 14.7 Å². The zero-order valence-corrected chi connectivity index (χ0v) is 21.3. The first-order chi connectivity index (χ1) is 15.6. The molecule has 0 spiro atoms. The van der Waals surface area contributed by atoms with Crippen molar-refractivity contribution >= 4 is 29.6 Å². The van der Waals surface area contributed by atoms with Crippen molar-refractivity contribution in [1.82, 2.24) is 0 Å². The monoisotopic (exact) mass is 441 g/mol. The summed E-state index contributed by atoms with van der Waals surface area (Å²) in [7, 11) is -0.367. The minimum absolute atomic E-state index is 0.142. The number of fused-ring (bicyclic) bond motifs is 2. The molecule has 1 saturated heterocycles. The summed E-state index contributed by atoms with van der Waals surface area (Å²) in [4.78, 5) is 2.37. The third-order valence-electron chi connectivity index (χ3n) is 7.29. The molecule has 0 aromatic heterocycles. The lowest BCUT2D eigenvalue weighted by molar-refractivity contribution is 0.00578. The fourth-order valence-electron chi connectivity index (χ4n) is 4.70. The van der Waals surface area contributed by atoms with Gasteiger partial charge in [0.15, 0.2) is 0 Å². The van der Waals surface area contributed by atoms with Crippen molar-refractivity contribution in [3.8, 4) is 0 Å². The number of hydrogen-bond acceptors (Lipinski definition) is 3. The molecule has 1 fully saturated rings. The molecule has 0 N–H and O–H groups in total. The summed E-state index contributed by atoms with van der Waals surface area (Å²) < 4.78 is 12.7. The van der Waals surface area contributed by atoms with Crippen LogP contribution < -0.4 is 10.4 Å². The Kier molecular flexibility index (Phi) is 5.96. The van der Waals surface area contributed by atoms with Gasteiger partial charge in [-0.25, -0.2) is 0 Å². The van der Waals surface area contributed by atoms with Crippen molar-refractivity contribution in [3.63, 3.8) is 0 Å². The Hall–Kier alpha value is -2.56. The molecule has 0 amide bonds. The Bertz CT molecular complexity index is 1120. The van der Waals surface area contributed by atoms with Crippen molar-refractivity contribution in [1.29, 1.82) is 0 Å². The maximum absolute atomic E-state index is 6.35. The quantitative estimate of drug-likeness (QED) is 0.395. The molecule has 0 bridgehead atoms. The van der Waals surface area contributed by atoms with Crippen LogP contribution in [0.2, 0.25) is 0 Å². The Morgan fingerprint density at radius 2 is 1.18 bits per heavy atom. The van der Waals surface area contributed by atoms with Gasteiger partial charge in [0.1, 0.15) is 0 Å². The van der Waals surface area contributed by atoms with Crippen molar-refractivity contribution in [2.24, 2.45) is 0 Å². The van der Waals surface area contributed by atoms with Crippen molar-refractivity contribution in [3.05, 3.63) is 83.9 Å². The van der Waals surface area contributed by atoms with E-state index >= 15 is 0 Å². The van der Waals surface area contributed by atoms with E-state index in [1.165, 1.54) is 22.5 Å². The summed E-state index contributed by atoms with van der Waals surface area (Å²) in [5, 5.41) is 0.